The van der Waals surface area contributed by atoms with Gasteiger partial charge in [-0.15, -0.1) is 11.3 Å². The number of aromatic nitrogens is 1. The highest BCUT2D eigenvalue weighted by atomic mass is 32.1. The van der Waals surface area contributed by atoms with E-state index in [1.807, 2.05) is 12.3 Å². The van der Waals surface area contributed by atoms with Gasteiger partial charge in [-0.25, -0.2) is 4.98 Å². The number of hydrogen-bond donors (Lipinski definition) is 0. The van der Waals surface area contributed by atoms with Crippen molar-refractivity contribution in [1.82, 2.24) is 4.98 Å². The van der Waals surface area contributed by atoms with E-state index < -0.39 is 6.61 Å². The van der Waals surface area contributed by atoms with Gasteiger partial charge in [0.25, 0.3) is 0 Å². The third-order valence-electron chi connectivity index (χ3n) is 2.97. The van der Waals surface area contributed by atoms with Crippen molar-refractivity contribution >= 4 is 23.0 Å². The van der Waals surface area contributed by atoms with E-state index in [1.165, 1.54) is 37.7 Å². The van der Waals surface area contributed by atoms with Crippen LogP contribution in [0.15, 0.2) is 17.5 Å². The molecule has 0 saturated carbocycles. The summed E-state index contributed by atoms with van der Waals surface area (Å²) in [5.74, 6) is -0.0437. The molecule has 0 aliphatic rings. The summed E-state index contributed by atoms with van der Waals surface area (Å²) in [7, 11) is 2.66. The monoisotopic (exact) mass is 352 g/mol. The molecule has 0 amide bonds. The highest BCUT2D eigenvalue weighted by Gasteiger charge is 2.18. The first-order chi connectivity index (χ1) is 11.5. The number of nitrogens with zero attached hydrogens (tertiary/aromatic N) is 2. The summed E-state index contributed by atoms with van der Waals surface area (Å²) in [5, 5.41) is 11.7. The van der Waals surface area contributed by atoms with Crippen LogP contribution in [0.1, 0.15) is 16.3 Å². The Morgan fingerprint density at radius 1 is 1.29 bits per heavy atom. The Bertz CT molecular complexity index is 772. The Kier molecular flexibility index (Phi) is 5.71. The van der Waals surface area contributed by atoms with Gasteiger partial charge in [0, 0.05) is 11.1 Å². The van der Waals surface area contributed by atoms with Crippen molar-refractivity contribution in [3.8, 4) is 23.3 Å². The van der Waals surface area contributed by atoms with Crippen LogP contribution in [0.3, 0.4) is 0 Å². The van der Waals surface area contributed by atoms with Crippen LogP contribution in [-0.2, 0) is 0 Å². The minimum Gasteiger partial charge on any atom is -0.493 e. The maximum atomic E-state index is 12.5. The van der Waals surface area contributed by atoms with Gasteiger partial charge in [-0.2, -0.15) is 14.0 Å². The highest BCUT2D eigenvalue weighted by Crippen LogP contribution is 2.40. The van der Waals surface area contributed by atoms with Crippen LogP contribution in [0.5, 0.6) is 17.2 Å². The summed E-state index contributed by atoms with van der Waals surface area (Å²) in [6.07, 6.45) is 1.58. The summed E-state index contributed by atoms with van der Waals surface area (Å²) >= 11 is 1.34. The van der Waals surface area contributed by atoms with Crippen LogP contribution >= 0.6 is 11.3 Å². The SMILES string of the molecule is COc1cc(/C=C(\C#N)c2nc(C)cs2)cc(OC)c1OC(F)F. The van der Waals surface area contributed by atoms with Crippen molar-refractivity contribution in [2.75, 3.05) is 14.2 Å². The normalized spacial score (nSPS) is 11.3. The van der Waals surface area contributed by atoms with Gasteiger partial charge in [-0.05, 0) is 30.7 Å². The average Bonchev–Trinajstić information content (AvgIpc) is 2.99. The molecule has 5 nitrogen and oxygen atoms in total. The Morgan fingerprint density at radius 3 is 2.33 bits per heavy atom. The average molecular weight is 352 g/mol. The maximum absolute atomic E-state index is 12.5. The second kappa shape index (κ2) is 7.75. The Labute approximate surface area is 141 Å². The van der Waals surface area contributed by atoms with E-state index in [1.54, 1.807) is 6.08 Å². The van der Waals surface area contributed by atoms with Crippen molar-refractivity contribution in [2.24, 2.45) is 0 Å². The number of thiazole rings is 1. The van der Waals surface area contributed by atoms with Gasteiger partial charge in [-0.1, -0.05) is 0 Å². The predicted molar refractivity (Wildman–Crippen MR) is 86.5 cm³/mol. The van der Waals surface area contributed by atoms with Crippen LogP contribution in [0.4, 0.5) is 8.78 Å². The summed E-state index contributed by atoms with van der Waals surface area (Å²) in [5.41, 5.74) is 1.70. The Morgan fingerprint density at radius 2 is 1.92 bits per heavy atom. The molecule has 8 heteroatoms. The fraction of sp³-hybridized carbons (Fsp3) is 0.250. The van der Waals surface area contributed by atoms with Crippen LogP contribution in [0, 0.1) is 18.3 Å². The zero-order valence-corrected chi connectivity index (χ0v) is 14.0. The number of nitriles is 1. The Hall–Kier alpha value is -2.66. The molecule has 1 aromatic carbocycles. The van der Waals surface area contributed by atoms with Gasteiger partial charge in [0.15, 0.2) is 11.5 Å². The first-order valence-corrected chi connectivity index (χ1v) is 7.61. The molecule has 1 aromatic heterocycles. The van der Waals surface area contributed by atoms with Gasteiger partial charge < -0.3 is 14.2 Å². The van der Waals surface area contributed by atoms with Gasteiger partial charge in [-0.3, -0.25) is 0 Å². The molecule has 0 fully saturated rings. The summed E-state index contributed by atoms with van der Waals surface area (Å²) in [4.78, 5) is 4.26. The van der Waals surface area contributed by atoms with Crippen molar-refractivity contribution in [1.29, 1.82) is 5.26 Å². The number of aryl methyl sites for hydroxylation is 1. The largest absolute Gasteiger partial charge is 0.493 e. The summed E-state index contributed by atoms with van der Waals surface area (Å²) in [6.45, 7) is -1.18. The summed E-state index contributed by atoms with van der Waals surface area (Å²) < 4.78 is 39.7. The maximum Gasteiger partial charge on any atom is 0.387 e. The van der Waals surface area contributed by atoms with E-state index in [4.69, 9.17) is 9.47 Å². The lowest BCUT2D eigenvalue weighted by atomic mass is 10.1. The molecular weight excluding hydrogens is 338 g/mol. The number of hydrogen-bond acceptors (Lipinski definition) is 6. The zero-order chi connectivity index (χ0) is 17.7. The quantitative estimate of drug-likeness (QED) is 0.731. The smallest absolute Gasteiger partial charge is 0.387 e. The number of rotatable bonds is 6. The number of benzene rings is 1. The lowest BCUT2D eigenvalue weighted by Gasteiger charge is -2.14. The van der Waals surface area contributed by atoms with Crippen molar-refractivity contribution < 1.29 is 23.0 Å². The third kappa shape index (κ3) is 4.00. The van der Waals surface area contributed by atoms with Crippen LogP contribution in [-0.4, -0.2) is 25.8 Å². The van der Waals surface area contributed by atoms with Crippen LogP contribution in [0.2, 0.25) is 0 Å². The number of alkyl halides is 2. The zero-order valence-electron chi connectivity index (χ0n) is 13.2. The van der Waals surface area contributed by atoms with Crippen LogP contribution in [0.25, 0.3) is 11.6 Å². The van der Waals surface area contributed by atoms with Crippen LogP contribution < -0.4 is 14.2 Å². The van der Waals surface area contributed by atoms with E-state index in [9.17, 15) is 14.0 Å². The van der Waals surface area contributed by atoms with Crippen molar-refractivity contribution in [3.05, 3.63) is 33.8 Å². The fourth-order valence-corrected chi connectivity index (χ4v) is 2.74. The molecule has 24 heavy (non-hydrogen) atoms. The van der Waals surface area contributed by atoms with Crippen molar-refractivity contribution in [3.63, 3.8) is 0 Å². The minimum absolute atomic E-state index is 0.0773. The van der Waals surface area contributed by atoms with E-state index in [0.717, 1.165) is 5.69 Å². The lowest BCUT2D eigenvalue weighted by Crippen LogP contribution is -2.05. The van der Waals surface area contributed by atoms with E-state index in [0.29, 0.717) is 16.1 Å². The molecule has 126 valence electrons. The topological polar surface area (TPSA) is 64.4 Å². The second-order valence-electron chi connectivity index (χ2n) is 4.60. The van der Waals surface area contributed by atoms with Gasteiger partial charge >= 0.3 is 6.61 Å². The first-order valence-electron chi connectivity index (χ1n) is 6.73. The number of ether oxygens (including phenoxy) is 3. The number of allylic oxidation sites excluding steroid dienone is 1. The first kappa shape index (κ1) is 17.7. The molecule has 0 N–H and O–H groups in total. The number of halogens is 2. The Balaban J connectivity index is 2.50. The summed E-state index contributed by atoms with van der Waals surface area (Å²) in [6, 6.07) is 5.05. The molecule has 0 bridgehead atoms. The second-order valence-corrected chi connectivity index (χ2v) is 5.46. The molecule has 0 unspecified atom stereocenters. The van der Waals surface area contributed by atoms with E-state index in [-0.39, 0.29) is 17.2 Å². The highest BCUT2D eigenvalue weighted by molar-refractivity contribution is 7.11. The predicted octanol–water partition coefficient (Wildman–Crippen LogP) is 4.13. The van der Waals surface area contributed by atoms with E-state index in [2.05, 4.69) is 15.8 Å². The fourth-order valence-electron chi connectivity index (χ4n) is 1.97. The molecule has 0 radical (unpaired) electrons. The molecule has 0 atom stereocenters. The van der Waals surface area contributed by atoms with Crippen molar-refractivity contribution in [2.45, 2.75) is 13.5 Å². The standard InChI is InChI=1S/C16H14F2N2O3S/c1-9-8-24-15(20-9)11(7-19)4-10-5-12(21-2)14(23-16(17)18)13(6-10)22-3/h4-6,8,16H,1-3H3/b11-4+. The van der Waals surface area contributed by atoms with Gasteiger partial charge in [0.1, 0.15) is 11.1 Å². The molecule has 0 aliphatic carbocycles. The molecule has 1 heterocycles. The molecule has 2 rings (SSSR count). The third-order valence-corrected chi connectivity index (χ3v) is 3.96. The van der Waals surface area contributed by atoms with Gasteiger partial charge in [0.2, 0.25) is 5.75 Å². The molecule has 2 aromatic rings. The lowest BCUT2D eigenvalue weighted by molar-refractivity contribution is -0.0526. The van der Waals surface area contributed by atoms with E-state index >= 15 is 0 Å². The molecule has 0 aliphatic heterocycles. The molecular formula is C16H14F2N2O3S. The minimum atomic E-state index is -3.01. The molecule has 0 saturated heterocycles. The number of methoxy groups -OCH3 is 2. The molecule has 0 spiro atoms. The van der Waals surface area contributed by atoms with Gasteiger partial charge in [0.05, 0.1) is 19.8 Å².